The zero-order chi connectivity index (χ0) is 17.5. The van der Waals surface area contributed by atoms with E-state index in [0.29, 0.717) is 0 Å². The van der Waals surface area contributed by atoms with Crippen molar-refractivity contribution >= 4 is 5.90 Å². The van der Waals surface area contributed by atoms with Crippen LogP contribution >= 0.6 is 0 Å². The van der Waals surface area contributed by atoms with Gasteiger partial charge in [-0.25, -0.2) is 4.99 Å². The number of allylic oxidation sites excluding steroid dienone is 2. The molecule has 2 nitrogen and oxygen atoms in total. The predicted octanol–water partition coefficient (Wildman–Crippen LogP) is 7.23. The van der Waals surface area contributed by atoms with Crippen LogP contribution in [-0.2, 0) is 4.74 Å². The molecule has 0 aromatic rings. The number of rotatable bonds is 15. The summed E-state index contributed by atoms with van der Waals surface area (Å²) in [4.78, 5) is 4.60. The molecule has 0 aliphatic carbocycles. The largest absolute Gasteiger partial charge is 0.478 e. The summed E-state index contributed by atoms with van der Waals surface area (Å²) in [5.41, 5.74) is 0.00752. The molecule has 1 aliphatic heterocycles. The number of hydrogen-bond acceptors (Lipinski definition) is 2. The third-order valence-corrected chi connectivity index (χ3v) is 4.67. The van der Waals surface area contributed by atoms with Crippen LogP contribution in [0.3, 0.4) is 0 Å². The maximum atomic E-state index is 5.62. The Kier molecular flexibility index (Phi) is 12.0. The number of hydrogen-bond donors (Lipinski definition) is 0. The first kappa shape index (κ1) is 21.3. The smallest absolute Gasteiger partial charge is 0.183 e. The van der Waals surface area contributed by atoms with E-state index in [1.165, 1.54) is 83.5 Å². The zero-order valence-corrected chi connectivity index (χ0v) is 16.6. The minimum absolute atomic E-state index is 0.00752. The molecule has 0 spiro atoms. The maximum Gasteiger partial charge on any atom is 0.183 e. The summed E-state index contributed by atoms with van der Waals surface area (Å²) in [6.07, 6.45) is 23.4. The fourth-order valence-corrected chi connectivity index (χ4v) is 3.14. The van der Waals surface area contributed by atoms with E-state index in [9.17, 15) is 0 Å². The molecule has 0 saturated carbocycles. The lowest BCUT2D eigenvalue weighted by Gasteiger charge is -2.07. The van der Waals surface area contributed by atoms with E-state index in [-0.39, 0.29) is 5.54 Å². The lowest BCUT2D eigenvalue weighted by molar-refractivity contribution is 0.273. The standard InChI is InChI=1S/C22H41NO/c1-4-5-6-7-8-9-10-11-12-13-14-15-16-17-18-19-21-23-22(2,3)20-24-21/h13-14H,4-12,15-20H2,1-3H3/b14-13+. The van der Waals surface area contributed by atoms with E-state index >= 15 is 0 Å². The number of unbranched alkanes of at least 4 members (excludes halogenated alkanes) is 11. The van der Waals surface area contributed by atoms with Gasteiger partial charge in [-0.05, 0) is 46.0 Å². The fraction of sp³-hybridized carbons (Fsp3) is 0.864. The maximum absolute atomic E-state index is 5.62. The van der Waals surface area contributed by atoms with E-state index in [1.54, 1.807) is 0 Å². The molecule has 0 bridgehead atoms. The molecular formula is C22H41NO. The average molecular weight is 336 g/mol. The van der Waals surface area contributed by atoms with Crippen molar-refractivity contribution in [3.8, 4) is 0 Å². The van der Waals surface area contributed by atoms with Gasteiger partial charge in [0.2, 0.25) is 0 Å². The fourth-order valence-electron chi connectivity index (χ4n) is 3.14. The molecule has 0 aromatic carbocycles. The molecule has 1 aliphatic rings. The minimum atomic E-state index is 0.00752. The Balaban J connectivity index is 1.80. The highest BCUT2D eigenvalue weighted by Gasteiger charge is 2.25. The topological polar surface area (TPSA) is 21.6 Å². The third-order valence-electron chi connectivity index (χ3n) is 4.67. The Morgan fingerprint density at radius 3 is 1.92 bits per heavy atom. The van der Waals surface area contributed by atoms with Gasteiger partial charge in [0, 0.05) is 6.42 Å². The molecule has 1 rings (SSSR count). The van der Waals surface area contributed by atoms with Crippen LogP contribution in [0.4, 0.5) is 0 Å². The second-order valence-corrected chi connectivity index (χ2v) is 7.94. The van der Waals surface area contributed by atoms with E-state index in [0.717, 1.165) is 18.9 Å². The molecule has 2 heteroatoms. The van der Waals surface area contributed by atoms with Crippen LogP contribution in [0.5, 0.6) is 0 Å². The van der Waals surface area contributed by atoms with Crippen molar-refractivity contribution in [3.63, 3.8) is 0 Å². The van der Waals surface area contributed by atoms with E-state index in [2.05, 4.69) is 37.9 Å². The molecule has 0 fully saturated rings. The molecule has 0 radical (unpaired) electrons. The van der Waals surface area contributed by atoms with E-state index < -0.39 is 0 Å². The number of nitrogens with zero attached hydrogens (tertiary/aromatic N) is 1. The molecular weight excluding hydrogens is 294 g/mol. The van der Waals surface area contributed by atoms with Crippen molar-refractivity contribution in [2.45, 2.75) is 116 Å². The molecule has 1 heterocycles. The first-order valence-electron chi connectivity index (χ1n) is 10.5. The van der Waals surface area contributed by atoms with Gasteiger partial charge in [0.05, 0.1) is 5.54 Å². The van der Waals surface area contributed by atoms with Crippen LogP contribution in [0.25, 0.3) is 0 Å². The highest BCUT2D eigenvalue weighted by molar-refractivity contribution is 5.78. The van der Waals surface area contributed by atoms with Crippen LogP contribution in [0.2, 0.25) is 0 Å². The minimum Gasteiger partial charge on any atom is -0.478 e. The number of aliphatic imine (C=N–C) groups is 1. The van der Waals surface area contributed by atoms with Crippen molar-refractivity contribution in [3.05, 3.63) is 12.2 Å². The van der Waals surface area contributed by atoms with Gasteiger partial charge in [-0.3, -0.25) is 0 Å². The second kappa shape index (κ2) is 13.5. The van der Waals surface area contributed by atoms with Crippen molar-refractivity contribution in [1.29, 1.82) is 0 Å². The first-order valence-corrected chi connectivity index (χ1v) is 10.5. The molecule has 0 atom stereocenters. The summed E-state index contributed by atoms with van der Waals surface area (Å²) >= 11 is 0. The van der Waals surface area contributed by atoms with E-state index in [4.69, 9.17) is 4.74 Å². The van der Waals surface area contributed by atoms with Gasteiger partial charge in [0.15, 0.2) is 5.90 Å². The van der Waals surface area contributed by atoms with Gasteiger partial charge in [0.25, 0.3) is 0 Å². The van der Waals surface area contributed by atoms with Crippen molar-refractivity contribution in [2.75, 3.05) is 6.61 Å². The summed E-state index contributed by atoms with van der Waals surface area (Å²) < 4.78 is 5.62. The van der Waals surface area contributed by atoms with Crippen molar-refractivity contribution in [1.82, 2.24) is 0 Å². The van der Waals surface area contributed by atoms with Crippen LogP contribution in [-0.4, -0.2) is 18.0 Å². The van der Waals surface area contributed by atoms with Crippen molar-refractivity contribution in [2.24, 2.45) is 4.99 Å². The Labute approximate surface area is 151 Å². The molecule has 0 N–H and O–H groups in total. The Bertz CT molecular complexity index is 357. The van der Waals surface area contributed by atoms with Gasteiger partial charge in [-0.15, -0.1) is 0 Å². The Morgan fingerprint density at radius 2 is 1.38 bits per heavy atom. The second-order valence-electron chi connectivity index (χ2n) is 7.94. The third kappa shape index (κ3) is 11.7. The number of ether oxygens (including phenoxy) is 1. The predicted molar refractivity (Wildman–Crippen MR) is 107 cm³/mol. The normalized spacial score (nSPS) is 16.5. The van der Waals surface area contributed by atoms with E-state index in [1.807, 2.05) is 0 Å². The van der Waals surface area contributed by atoms with Gasteiger partial charge < -0.3 is 4.74 Å². The van der Waals surface area contributed by atoms with Crippen LogP contribution in [0.1, 0.15) is 111 Å². The van der Waals surface area contributed by atoms with Crippen molar-refractivity contribution < 1.29 is 4.74 Å². The van der Waals surface area contributed by atoms with Crippen LogP contribution in [0.15, 0.2) is 17.1 Å². The lowest BCUT2D eigenvalue weighted by atomic mass is 10.1. The SMILES string of the molecule is CCCCCCCCCC/C=C/CCCCCC1=NC(C)(C)CO1. The van der Waals surface area contributed by atoms with Crippen LogP contribution < -0.4 is 0 Å². The Hall–Kier alpha value is -0.790. The molecule has 24 heavy (non-hydrogen) atoms. The summed E-state index contributed by atoms with van der Waals surface area (Å²) in [7, 11) is 0. The molecule has 0 amide bonds. The van der Waals surface area contributed by atoms with Gasteiger partial charge >= 0.3 is 0 Å². The highest BCUT2D eigenvalue weighted by Crippen LogP contribution is 2.19. The Morgan fingerprint density at radius 1 is 0.833 bits per heavy atom. The van der Waals surface area contributed by atoms with Gasteiger partial charge in [-0.2, -0.15) is 0 Å². The van der Waals surface area contributed by atoms with Gasteiger partial charge in [0.1, 0.15) is 6.61 Å². The van der Waals surface area contributed by atoms with Crippen LogP contribution in [0, 0.1) is 0 Å². The van der Waals surface area contributed by atoms with Gasteiger partial charge in [-0.1, -0.05) is 70.4 Å². The lowest BCUT2D eigenvalue weighted by Crippen LogP contribution is -2.17. The molecule has 0 aromatic heterocycles. The summed E-state index contributed by atoms with van der Waals surface area (Å²) in [5.74, 6) is 0.977. The summed E-state index contributed by atoms with van der Waals surface area (Å²) in [6.45, 7) is 7.31. The average Bonchev–Trinajstić information content (AvgIpc) is 2.90. The zero-order valence-electron chi connectivity index (χ0n) is 16.6. The molecule has 0 unspecified atom stereocenters. The highest BCUT2D eigenvalue weighted by atomic mass is 16.5. The molecule has 140 valence electrons. The monoisotopic (exact) mass is 335 g/mol. The quantitative estimate of drug-likeness (QED) is 0.228. The summed E-state index contributed by atoms with van der Waals surface area (Å²) in [5, 5.41) is 0. The first-order chi connectivity index (χ1) is 11.6. The summed E-state index contributed by atoms with van der Waals surface area (Å²) in [6, 6.07) is 0. The molecule has 0 saturated heterocycles.